The van der Waals surface area contributed by atoms with Crippen LogP contribution in [0.5, 0.6) is 0 Å². The van der Waals surface area contributed by atoms with E-state index in [0.29, 0.717) is 5.84 Å². The Kier molecular flexibility index (Phi) is 3.08. The molecule has 1 aromatic heterocycles. The second-order valence-electron chi connectivity index (χ2n) is 1.96. The third-order valence-corrected chi connectivity index (χ3v) is 2.80. The second kappa shape index (κ2) is 3.88. The quantitative estimate of drug-likeness (QED) is 0.617. The van der Waals surface area contributed by atoms with Gasteiger partial charge in [0.25, 0.3) is 0 Å². The summed E-state index contributed by atoms with van der Waals surface area (Å²) < 4.78 is 1.08. The maximum absolute atomic E-state index is 5.66. The number of nitrogens with two attached hydrogens (primary N) is 1. The van der Waals surface area contributed by atoms with E-state index in [-0.39, 0.29) is 0 Å². The molecular formula is C7H9BrN2S. The largest absolute Gasteiger partial charge is 0.383 e. The Morgan fingerprint density at radius 3 is 2.91 bits per heavy atom. The van der Waals surface area contributed by atoms with Crippen molar-refractivity contribution in [1.82, 2.24) is 0 Å². The van der Waals surface area contributed by atoms with Gasteiger partial charge >= 0.3 is 0 Å². The average Bonchev–Trinajstić information content (AvgIpc) is 2.36. The topological polar surface area (TPSA) is 38.4 Å². The number of aliphatic imine (C=N–C) groups is 1. The van der Waals surface area contributed by atoms with Crippen LogP contribution in [0.2, 0.25) is 0 Å². The van der Waals surface area contributed by atoms with Crippen LogP contribution in [-0.2, 0) is 0 Å². The number of rotatable bonds is 2. The first-order chi connectivity index (χ1) is 5.24. The molecule has 0 saturated carbocycles. The number of amidine groups is 1. The van der Waals surface area contributed by atoms with Crippen LogP contribution in [0.15, 0.2) is 20.9 Å². The van der Waals surface area contributed by atoms with Gasteiger partial charge in [0.15, 0.2) is 0 Å². The van der Waals surface area contributed by atoms with Crippen molar-refractivity contribution in [2.75, 3.05) is 6.54 Å². The zero-order chi connectivity index (χ0) is 8.27. The Morgan fingerprint density at radius 2 is 2.45 bits per heavy atom. The van der Waals surface area contributed by atoms with Gasteiger partial charge in [0.2, 0.25) is 0 Å². The van der Waals surface area contributed by atoms with Crippen LogP contribution in [0.3, 0.4) is 0 Å². The molecule has 11 heavy (non-hydrogen) atoms. The Morgan fingerprint density at radius 1 is 1.73 bits per heavy atom. The molecule has 0 bridgehead atoms. The predicted molar refractivity (Wildman–Crippen MR) is 53.3 cm³/mol. The SMILES string of the molecule is CCN=C(N)c1ccc(Br)s1. The van der Waals surface area contributed by atoms with Gasteiger partial charge in [-0.3, -0.25) is 4.99 Å². The number of halogens is 1. The number of hydrogen-bond acceptors (Lipinski definition) is 2. The molecule has 4 heteroatoms. The van der Waals surface area contributed by atoms with Crippen molar-refractivity contribution in [2.45, 2.75) is 6.92 Å². The first kappa shape index (κ1) is 8.74. The molecule has 0 aromatic carbocycles. The smallest absolute Gasteiger partial charge is 0.135 e. The van der Waals surface area contributed by atoms with Gasteiger partial charge in [-0.25, -0.2) is 0 Å². The van der Waals surface area contributed by atoms with Crippen molar-refractivity contribution in [3.8, 4) is 0 Å². The zero-order valence-corrected chi connectivity index (χ0v) is 8.58. The third kappa shape index (κ3) is 2.31. The minimum absolute atomic E-state index is 0.628. The van der Waals surface area contributed by atoms with Crippen molar-refractivity contribution in [1.29, 1.82) is 0 Å². The highest BCUT2D eigenvalue weighted by Gasteiger charge is 1.99. The van der Waals surface area contributed by atoms with Crippen molar-refractivity contribution in [2.24, 2.45) is 10.7 Å². The van der Waals surface area contributed by atoms with E-state index in [2.05, 4.69) is 20.9 Å². The fraction of sp³-hybridized carbons (Fsp3) is 0.286. The lowest BCUT2D eigenvalue weighted by Gasteiger charge is -1.92. The highest BCUT2D eigenvalue weighted by atomic mass is 79.9. The summed E-state index contributed by atoms with van der Waals surface area (Å²) in [5.41, 5.74) is 5.66. The van der Waals surface area contributed by atoms with Gasteiger partial charge in [0.1, 0.15) is 5.84 Å². The lowest BCUT2D eigenvalue weighted by molar-refractivity contribution is 1.12. The summed E-state index contributed by atoms with van der Waals surface area (Å²) >= 11 is 4.96. The molecular weight excluding hydrogens is 224 g/mol. The van der Waals surface area contributed by atoms with Crippen molar-refractivity contribution in [3.05, 3.63) is 20.8 Å². The molecule has 0 fully saturated rings. The van der Waals surface area contributed by atoms with E-state index in [0.717, 1.165) is 15.2 Å². The normalized spacial score (nSPS) is 12.0. The molecule has 1 rings (SSSR count). The van der Waals surface area contributed by atoms with E-state index in [1.165, 1.54) is 0 Å². The molecule has 1 heterocycles. The summed E-state index contributed by atoms with van der Waals surface area (Å²) in [6, 6.07) is 3.93. The lowest BCUT2D eigenvalue weighted by Crippen LogP contribution is -2.11. The highest BCUT2D eigenvalue weighted by Crippen LogP contribution is 2.21. The molecule has 0 spiro atoms. The molecule has 0 amide bonds. The Bertz CT molecular complexity index is 267. The molecule has 0 aliphatic rings. The Labute approximate surface area is 78.3 Å². The van der Waals surface area contributed by atoms with Crippen molar-refractivity contribution >= 4 is 33.1 Å². The molecule has 2 nitrogen and oxygen atoms in total. The van der Waals surface area contributed by atoms with Gasteiger partial charge in [0.05, 0.1) is 8.66 Å². The van der Waals surface area contributed by atoms with E-state index in [1.807, 2.05) is 19.1 Å². The highest BCUT2D eigenvalue weighted by molar-refractivity contribution is 9.11. The molecule has 1 aromatic rings. The van der Waals surface area contributed by atoms with Crippen LogP contribution in [0.4, 0.5) is 0 Å². The van der Waals surface area contributed by atoms with Crippen LogP contribution < -0.4 is 5.73 Å². The first-order valence-electron chi connectivity index (χ1n) is 3.29. The second-order valence-corrected chi connectivity index (χ2v) is 4.43. The summed E-state index contributed by atoms with van der Waals surface area (Å²) in [4.78, 5) is 5.12. The number of nitrogens with zero attached hydrogens (tertiary/aromatic N) is 1. The lowest BCUT2D eigenvalue weighted by atomic mass is 10.4. The summed E-state index contributed by atoms with van der Waals surface area (Å²) in [5, 5.41) is 0. The van der Waals surface area contributed by atoms with Crippen molar-refractivity contribution in [3.63, 3.8) is 0 Å². The molecule has 0 aliphatic carbocycles. The molecule has 0 aliphatic heterocycles. The monoisotopic (exact) mass is 232 g/mol. The maximum Gasteiger partial charge on any atom is 0.135 e. The van der Waals surface area contributed by atoms with Gasteiger partial charge in [-0.1, -0.05) is 0 Å². The summed E-state index contributed by atoms with van der Waals surface area (Å²) in [5.74, 6) is 0.628. The maximum atomic E-state index is 5.66. The minimum Gasteiger partial charge on any atom is -0.383 e. The predicted octanol–water partition coefficient (Wildman–Crippen LogP) is 2.24. The van der Waals surface area contributed by atoms with Crippen LogP contribution >= 0.6 is 27.3 Å². The zero-order valence-electron chi connectivity index (χ0n) is 6.17. The van der Waals surface area contributed by atoms with Crippen LogP contribution in [0.25, 0.3) is 0 Å². The minimum atomic E-state index is 0.628. The van der Waals surface area contributed by atoms with E-state index >= 15 is 0 Å². The van der Waals surface area contributed by atoms with Gasteiger partial charge in [-0.15, -0.1) is 11.3 Å². The van der Waals surface area contributed by atoms with Gasteiger partial charge in [-0.2, -0.15) is 0 Å². The van der Waals surface area contributed by atoms with E-state index in [1.54, 1.807) is 11.3 Å². The molecule has 0 atom stereocenters. The summed E-state index contributed by atoms with van der Waals surface area (Å²) in [6.45, 7) is 2.71. The van der Waals surface area contributed by atoms with E-state index in [9.17, 15) is 0 Å². The fourth-order valence-electron chi connectivity index (χ4n) is 0.700. The number of hydrogen-bond donors (Lipinski definition) is 1. The average molecular weight is 233 g/mol. The molecule has 60 valence electrons. The summed E-state index contributed by atoms with van der Waals surface area (Å²) in [7, 11) is 0. The fourth-order valence-corrected chi connectivity index (χ4v) is 2.01. The molecule has 0 unspecified atom stereocenters. The van der Waals surface area contributed by atoms with E-state index in [4.69, 9.17) is 5.73 Å². The summed E-state index contributed by atoms with van der Waals surface area (Å²) in [6.07, 6.45) is 0. The standard InChI is InChI=1S/C7H9BrN2S/c1-2-10-7(9)5-3-4-6(8)11-5/h3-4H,2H2,1H3,(H2,9,10). The Hall–Kier alpha value is -0.350. The van der Waals surface area contributed by atoms with Gasteiger partial charge < -0.3 is 5.73 Å². The van der Waals surface area contributed by atoms with Crippen molar-refractivity contribution < 1.29 is 0 Å². The van der Waals surface area contributed by atoms with Crippen LogP contribution in [-0.4, -0.2) is 12.4 Å². The molecule has 0 radical (unpaired) electrons. The van der Waals surface area contributed by atoms with Gasteiger partial charge in [-0.05, 0) is 35.0 Å². The molecule has 2 N–H and O–H groups in total. The van der Waals surface area contributed by atoms with Crippen LogP contribution in [0.1, 0.15) is 11.8 Å². The first-order valence-corrected chi connectivity index (χ1v) is 4.90. The molecule has 0 saturated heterocycles. The third-order valence-electron chi connectivity index (χ3n) is 1.15. The Balaban J connectivity index is 2.84. The van der Waals surface area contributed by atoms with E-state index < -0.39 is 0 Å². The number of thiophene rings is 1. The van der Waals surface area contributed by atoms with Gasteiger partial charge in [0, 0.05) is 6.54 Å². The van der Waals surface area contributed by atoms with Crippen LogP contribution in [0, 0.1) is 0 Å².